The standard InChI is InChI=1S/C25H34O5/c1-15(2)7-6-8-16(3)9-19-10-17(4)12-25(28-19)13-18(14-26)20-11-21(27)24(5)23(30-24)22(20)29-25/h7,9,12-13,19-20,22-23,26H,6,8,10-11,14H2,1-5H3/b16-9+/t19-,20-,22+,23+,24-,25+/m1/s1. The van der Waals surface area contributed by atoms with E-state index in [1.54, 1.807) is 0 Å². The molecule has 4 rings (SSSR count). The molecular weight excluding hydrogens is 380 g/mol. The van der Waals surface area contributed by atoms with Gasteiger partial charge in [-0.15, -0.1) is 0 Å². The van der Waals surface area contributed by atoms with E-state index in [4.69, 9.17) is 14.2 Å². The number of aliphatic hydroxyl groups is 1. The van der Waals surface area contributed by atoms with Gasteiger partial charge in [0.2, 0.25) is 5.79 Å². The fraction of sp³-hybridized carbons (Fsp3) is 0.640. The first-order valence-electron chi connectivity index (χ1n) is 11.0. The first-order chi connectivity index (χ1) is 14.2. The minimum atomic E-state index is -1.02. The minimum absolute atomic E-state index is 0.0915. The van der Waals surface area contributed by atoms with Crippen molar-refractivity contribution in [2.45, 2.75) is 90.0 Å². The summed E-state index contributed by atoms with van der Waals surface area (Å²) in [5.74, 6) is -1.07. The number of ether oxygens (including phenoxy) is 3. The highest BCUT2D eigenvalue weighted by atomic mass is 16.7. The number of Topliss-reactive ketones (excluding diaryl/α,β-unsaturated/α-hetero) is 1. The Labute approximate surface area is 179 Å². The van der Waals surface area contributed by atoms with Gasteiger partial charge >= 0.3 is 0 Å². The van der Waals surface area contributed by atoms with Gasteiger partial charge in [0.15, 0.2) is 11.4 Å². The van der Waals surface area contributed by atoms with Crippen LogP contribution in [0, 0.1) is 5.92 Å². The molecule has 0 aromatic carbocycles. The summed E-state index contributed by atoms with van der Waals surface area (Å²) in [6.45, 7) is 10.2. The van der Waals surface area contributed by atoms with Crippen molar-refractivity contribution in [2.75, 3.05) is 6.61 Å². The summed E-state index contributed by atoms with van der Waals surface area (Å²) in [7, 11) is 0. The van der Waals surface area contributed by atoms with Gasteiger partial charge in [-0.1, -0.05) is 28.9 Å². The molecule has 0 aromatic rings. The van der Waals surface area contributed by atoms with Crippen molar-refractivity contribution in [1.82, 2.24) is 0 Å². The second-order valence-corrected chi connectivity index (χ2v) is 9.74. The van der Waals surface area contributed by atoms with Crippen molar-refractivity contribution in [2.24, 2.45) is 5.92 Å². The lowest BCUT2D eigenvalue weighted by Crippen LogP contribution is -2.54. The van der Waals surface area contributed by atoms with E-state index < -0.39 is 11.4 Å². The average molecular weight is 415 g/mol. The molecule has 6 atom stereocenters. The molecule has 0 unspecified atom stereocenters. The van der Waals surface area contributed by atoms with Crippen LogP contribution in [0.4, 0.5) is 0 Å². The molecule has 0 bridgehead atoms. The molecule has 1 spiro atoms. The summed E-state index contributed by atoms with van der Waals surface area (Å²) in [6.07, 6.45) is 10.9. The van der Waals surface area contributed by atoms with E-state index in [2.05, 4.69) is 39.8 Å². The van der Waals surface area contributed by atoms with Gasteiger partial charge in [0.1, 0.15) is 6.10 Å². The lowest BCUT2D eigenvalue weighted by Gasteiger charge is -2.46. The van der Waals surface area contributed by atoms with Crippen LogP contribution >= 0.6 is 0 Å². The van der Waals surface area contributed by atoms with Crippen LogP contribution in [-0.2, 0) is 19.0 Å². The molecule has 0 aromatic heterocycles. The normalized spacial score (nSPS) is 40.3. The molecule has 3 aliphatic heterocycles. The number of allylic oxidation sites excluding steroid dienone is 3. The maximum Gasteiger partial charge on any atom is 0.209 e. The zero-order valence-corrected chi connectivity index (χ0v) is 18.7. The topological polar surface area (TPSA) is 68.3 Å². The smallest absolute Gasteiger partial charge is 0.209 e. The molecule has 1 saturated heterocycles. The van der Waals surface area contributed by atoms with E-state index in [-0.39, 0.29) is 36.6 Å². The maximum absolute atomic E-state index is 12.5. The lowest BCUT2D eigenvalue weighted by molar-refractivity contribution is -0.238. The summed E-state index contributed by atoms with van der Waals surface area (Å²) >= 11 is 0. The summed E-state index contributed by atoms with van der Waals surface area (Å²) in [6, 6.07) is 0. The molecule has 5 nitrogen and oxygen atoms in total. The average Bonchev–Trinajstić information content (AvgIpc) is 3.35. The van der Waals surface area contributed by atoms with Crippen LogP contribution in [0.5, 0.6) is 0 Å². The van der Waals surface area contributed by atoms with Gasteiger partial charge < -0.3 is 19.3 Å². The molecule has 1 saturated carbocycles. The largest absolute Gasteiger partial charge is 0.392 e. The molecule has 1 N–H and O–H groups in total. The van der Waals surface area contributed by atoms with Gasteiger partial charge in [-0.2, -0.15) is 0 Å². The monoisotopic (exact) mass is 414 g/mol. The summed E-state index contributed by atoms with van der Waals surface area (Å²) in [4.78, 5) is 12.5. The number of epoxide rings is 1. The summed E-state index contributed by atoms with van der Waals surface area (Å²) in [5, 5.41) is 10.0. The molecule has 5 heteroatoms. The van der Waals surface area contributed by atoms with E-state index >= 15 is 0 Å². The highest BCUT2D eigenvalue weighted by Crippen LogP contribution is 2.53. The van der Waals surface area contributed by atoms with Crippen molar-refractivity contribution in [3.05, 3.63) is 46.6 Å². The Balaban J connectivity index is 1.57. The third-order valence-electron chi connectivity index (χ3n) is 6.75. The molecule has 30 heavy (non-hydrogen) atoms. The fourth-order valence-electron chi connectivity index (χ4n) is 5.08. The first-order valence-corrected chi connectivity index (χ1v) is 11.0. The second-order valence-electron chi connectivity index (χ2n) is 9.74. The van der Waals surface area contributed by atoms with Crippen LogP contribution in [0.1, 0.15) is 60.3 Å². The van der Waals surface area contributed by atoms with Crippen molar-refractivity contribution in [1.29, 1.82) is 0 Å². The third-order valence-corrected chi connectivity index (χ3v) is 6.75. The van der Waals surface area contributed by atoms with Crippen molar-refractivity contribution in [3.8, 4) is 0 Å². The zero-order valence-electron chi connectivity index (χ0n) is 18.7. The molecule has 164 valence electrons. The Morgan fingerprint density at radius 3 is 2.67 bits per heavy atom. The van der Waals surface area contributed by atoms with Crippen molar-refractivity contribution >= 4 is 5.78 Å². The molecule has 0 amide bonds. The van der Waals surface area contributed by atoms with Gasteiger partial charge in [0.05, 0.1) is 18.8 Å². The quantitative estimate of drug-likeness (QED) is 0.540. The van der Waals surface area contributed by atoms with Crippen LogP contribution in [0.15, 0.2) is 46.6 Å². The van der Waals surface area contributed by atoms with Crippen LogP contribution < -0.4 is 0 Å². The van der Waals surface area contributed by atoms with E-state index in [0.717, 1.165) is 24.8 Å². The van der Waals surface area contributed by atoms with Gasteiger partial charge in [-0.05, 0) is 71.6 Å². The van der Waals surface area contributed by atoms with Crippen LogP contribution in [0.3, 0.4) is 0 Å². The number of aliphatic hydroxyl groups excluding tert-OH is 1. The Hall–Kier alpha value is -1.53. The van der Waals surface area contributed by atoms with Gasteiger partial charge in [0, 0.05) is 12.3 Å². The van der Waals surface area contributed by atoms with Crippen LogP contribution in [-0.4, -0.2) is 47.2 Å². The fourth-order valence-corrected chi connectivity index (χ4v) is 5.08. The van der Waals surface area contributed by atoms with Crippen LogP contribution in [0.2, 0.25) is 0 Å². The van der Waals surface area contributed by atoms with E-state index in [9.17, 15) is 9.90 Å². The predicted molar refractivity (Wildman–Crippen MR) is 115 cm³/mol. The van der Waals surface area contributed by atoms with Crippen molar-refractivity contribution in [3.63, 3.8) is 0 Å². The Kier molecular flexibility index (Phi) is 5.69. The summed E-state index contributed by atoms with van der Waals surface area (Å²) in [5.41, 5.74) is 3.89. The molecule has 0 radical (unpaired) electrons. The highest BCUT2D eigenvalue weighted by Gasteiger charge is 2.68. The first kappa shape index (κ1) is 21.7. The maximum atomic E-state index is 12.5. The Morgan fingerprint density at radius 1 is 1.20 bits per heavy atom. The zero-order chi connectivity index (χ0) is 21.7. The number of hydrogen-bond donors (Lipinski definition) is 1. The predicted octanol–water partition coefficient (Wildman–Crippen LogP) is 4.17. The molecule has 3 heterocycles. The van der Waals surface area contributed by atoms with E-state index in [0.29, 0.717) is 6.42 Å². The number of hydrogen-bond acceptors (Lipinski definition) is 5. The minimum Gasteiger partial charge on any atom is -0.392 e. The van der Waals surface area contributed by atoms with Gasteiger partial charge in [-0.3, -0.25) is 4.79 Å². The number of carbonyl (C=O) groups excluding carboxylic acids is 1. The molecule has 4 aliphatic rings. The van der Waals surface area contributed by atoms with Gasteiger partial charge in [0.25, 0.3) is 0 Å². The number of rotatable bonds is 5. The SMILES string of the molecule is CC(C)=CCC/C(C)=C/[C@@H]1CC(C)=C[C@]2(C=C(CO)[C@H]3CC(=O)[C@@]4(C)O[C@H]4[C@H]3O2)O1. The Bertz CT molecular complexity index is 846. The van der Waals surface area contributed by atoms with E-state index in [1.165, 1.54) is 16.7 Å². The molecular formula is C25H34O5. The number of fused-ring (bicyclic) bond motifs is 3. The number of carbonyl (C=O) groups is 1. The molecule has 2 fully saturated rings. The van der Waals surface area contributed by atoms with Crippen molar-refractivity contribution < 1.29 is 24.1 Å². The van der Waals surface area contributed by atoms with Crippen LogP contribution in [0.25, 0.3) is 0 Å². The highest BCUT2D eigenvalue weighted by molar-refractivity contribution is 5.92. The summed E-state index contributed by atoms with van der Waals surface area (Å²) < 4.78 is 18.8. The lowest BCUT2D eigenvalue weighted by atomic mass is 9.74. The Morgan fingerprint density at radius 2 is 1.97 bits per heavy atom. The second kappa shape index (κ2) is 7.86. The molecule has 1 aliphatic carbocycles. The van der Waals surface area contributed by atoms with Gasteiger partial charge in [-0.25, -0.2) is 0 Å². The number of ketones is 1. The van der Waals surface area contributed by atoms with E-state index in [1.807, 2.05) is 19.1 Å². The third kappa shape index (κ3) is 4.01.